The molecule has 57 heavy (non-hydrogen) atoms. The fraction of sp³-hybridized carbons (Fsp3) is 0.694. The van der Waals surface area contributed by atoms with E-state index in [1.807, 2.05) is 57.6 Å². The molecule has 0 rings (SSSR count). The van der Waals surface area contributed by atoms with Crippen LogP contribution in [0, 0.1) is 0 Å². The molecule has 0 aromatic heterocycles. The van der Waals surface area contributed by atoms with Crippen LogP contribution in [0.5, 0.6) is 0 Å². The highest BCUT2D eigenvalue weighted by atomic mass is 16.6. The van der Waals surface area contributed by atoms with Crippen molar-refractivity contribution in [2.24, 2.45) is 0 Å². The Bertz CT molecular complexity index is 1160. The lowest BCUT2D eigenvalue weighted by Crippen LogP contribution is -2.50. The van der Waals surface area contributed by atoms with Crippen molar-refractivity contribution in [3.05, 3.63) is 72.9 Å². The minimum absolute atomic E-state index is 0.0475. The van der Waals surface area contributed by atoms with Crippen molar-refractivity contribution in [1.82, 2.24) is 0 Å². The Hall–Kier alpha value is -3.23. The molecule has 0 aliphatic carbocycles. The van der Waals surface area contributed by atoms with Crippen molar-refractivity contribution in [2.45, 2.75) is 180 Å². The number of aliphatic carboxylic acids is 1. The summed E-state index contributed by atoms with van der Waals surface area (Å²) in [4.78, 5) is 37.0. The van der Waals surface area contributed by atoms with Crippen molar-refractivity contribution < 1.29 is 38.2 Å². The summed E-state index contributed by atoms with van der Waals surface area (Å²) in [5.74, 6) is -1.51. The quantitative estimate of drug-likeness (QED) is 0.0217. The summed E-state index contributed by atoms with van der Waals surface area (Å²) in [6, 6.07) is -0.622. The molecule has 0 aliphatic heterocycles. The molecular weight excluding hydrogens is 715 g/mol. The van der Waals surface area contributed by atoms with Gasteiger partial charge in [-0.1, -0.05) is 164 Å². The van der Waals surface area contributed by atoms with Gasteiger partial charge in [0, 0.05) is 19.3 Å². The zero-order valence-electron chi connectivity index (χ0n) is 37.0. The molecular formula is C49H84NO7+. The minimum Gasteiger partial charge on any atom is -0.477 e. The normalized spacial score (nSPS) is 13.6. The first-order valence-corrected chi connectivity index (χ1v) is 22.5. The Morgan fingerprint density at radius 3 is 1.49 bits per heavy atom. The highest BCUT2D eigenvalue weighted by Crippen LogP contribution is 2.14. The maximum absolute atomic E-state index is 12.7. The van der Waals surface area contributed by atoms with Crippen molar-refractivity contribution in [3.63, 3.8) is 0 Å². The number of nitrogens with zero attached hydrogens (tertiary/aromatic N) is 1. The summed E-state index contributed by atoms with van der Waals surface area (Å²) in [5, 5.41) is 9.62. The third-order valence-electron chi connectivity index (χ3n) is 9.69. The van der Waals surface area contributed by atoms with Gasteiger partial charge >= 0.3 is 17.9 Å². The van der Waals surface area contributed by atoms with Gasteiger partial charge in [-0.05, 0) is 57.8 Å². The minimum atomic E-state index is -0.882. The van der Waals surface area contributed by atoms with E-state index in [1.54, 1.807) is 0 Å². The van der Waals surface area contributed by atoms with Crippen molar-refractivity contribution in [1.29, 1.82) is 0 Å². The standard InChI is InChI=1S/C49H83NO7/c1-6-8-10-12-14-16-18-20-22-23-24-26-27-29-31-33-35-37-39-47(51)56-44-45(43-55-42-41-46(49(53)54)50(3,4)5)57-48(52)40-38-36-34-32-30-28-25-21-19-17-15-13-11-9-7-2/h10,12,14,16-20,22-24,26,45-46H,6-9,11,13,15,21,25,27-44H2,1-5H3/p+1/b12-10+,16-14+,19-17+,20-18+,23-22+,26-24+. The van der Waals surface area contributed by atoms with E-state index in [0.717, 1.165) is 64.2 Å². The van der Waals surface area contributed by atoms with Crippen LogP contribution < -0.4 is 0 Å². The topological polar surface area (TPSA) is 99.1 Å². The number of hydrogen-bond acceptors (Lipinski definition) is 6. The number of quaternary nitrogens is 1. The first-order valence-electron chi connectivity index (χ1n) is 22.5. The highest BCUT2D eigenvalue weighted by Gasteiger charge is 2.31. The molecule has 0 saturated heterocycles. The fourth-order valence-corrected chi connectivity index (χ4v) is 6.17. The Balaban J connectivity index is 4.41. The number of hydrogen-bond donors (Lipinski definition) is 1. The zero-order chi connectivity index (χ0) is 42.1. The van der Waals surface area contributed by atoms with E-state index >= 15 is 0 Å². The average molecular weight is 799 g/mol. The van der Waals surface area contributed by atoms with Crippen LogP contribution in [0.3, 0.4) is 0 Å². The van der Waals surface area contributed by atoms with Crippen LogP contribution in [0.15, 0.2) is 72.9 Å². The van der Waals surface area contributed by atoms with E-state index in [1.165, 1.54) is 70.6 Å². The number of allylic oxidation sites excluding steroid dienone is 12. The molecule has 0 fully saturated rings. The molecule has 326 valence electrons. The predicted octanol–water partition coefficient (Wildman–Crippen LogP) is 12.4. The third kappa shape index (κ3) is 38.1. The van der Waals surface area contributed by atoms with E-state index in [-0.39, 0.29) is 36.2 Å². The van der Waals surface area contributed by atoms with Crippen molar-refractivity contribution in [3.8, 4) is 0 Å². The van der Waals surface area contributed by atoms with Crippen LogP contribution in [0.25, 0.3) is 0 Å². The lowest BCUT2D eigenvalue weighted by molar-refractivity contribution is -0.887. The molecule has 8 nitrogen and oxygen atoms in total. The Morgan fingerprint density at radius 1 is 0.526 bits per heavy atom. The number of carboxylic acid groups (broad SMARTS) is 1. The van der Waals surface area contributed by atoms with Gasteiger partial charge in [-0.25, -0.2) is 4.79 Å². The first-order chi connectivity index (χ1) is 27.6. The second kappa shape index (κ2) is 39.6. The Labute approximate surface area is 349 Å². The highest BCUT2D eigenvalue weighted by molar-refractivity contribution is 5.72. The fourth-order valence-electron chi connectivity index (χ4n) is 6.17. The van der Waals surface area contributed by atoms with E-state index in [0.29, 0.717) is 19.3 Å². The van der Waals surface area contributed by atoms with Crippen LogP contribution in [0.1, 0.15) is 168 Å². The number of ether oxygens (including phenoxy) is 3. The van der Waals surface area contributed by atoms with Crippen LogP contribution in [-0.2, 0) is 28.6 Å². The zero-order valence-corrected chi connectivity index (χ0v) is 37.0. The van der Waals surface area contributed by atoms with Gasteiger partial charge in [0.25, 0.3) is 0 Å². The molecule has 0 aliphatic rings. The number of carboxylic acids is 1. The third-order valence-corrected chi connectivity index (χ3v) is 9.69. The van der Waals surface area contributed by atoms with Crippen LogP contribution in [0.4, 0.5) is 0 Å². The van der Waals surface area contributed by atoms with E-state index in [4.69, 9.17) is 14.2 Å². The lowest BCUT2D eigenvalue weighted by Gasteiger charge is -2.31. The number of unbranched alkanes of at least 4 members (excludes halogenated alkanes) is 17. The van der Waals surface area contributed by atoms with Gasteiger partial charge in [0.1, 0.15) is 6.61 Å². The van der Waals surface area contributed by atoms with Crippen molar-refractivity contribution in [2.75, 3.05) is 41.0 Å². The van der Waals surface area contributed by atoms with Gasteiger partial charge in [-0.3, -0.25) is 9.59 Å². The van der Waals surface area contributed by atoms with Gasteiger partial charge in [0.05, 0.1) is 34.4 Å². The molecule has 0 heterocycles. The molecule has 0 spiro atoms. The van der Waals surface area contributed by atoms with Crippen LogP contribution >= 0.6 is 0 Å². The molecule has 1 N–H and O–H groups in total. The molecule has 0 amide bonds. The van der Waals surface area contributed by atoms with Gasteiger partial charge in [-0.2, -0.15) is 0 Å². The maximum atomic E-state index is 12.7. The molecule has 8 heteroatoms. The van der Waals surface area contributed by atoms with E-state index in [2.05, 4.69) is 50.3 Å². The molecule has 0 bridgehead atoms. The van der Waals surface area contributed by atoms with Gasteiger partial charge in [-0.15, -0.1) is 0 Å². The molecule has 2 unspecified atom stereocenters. The monoisotopic (exact) mass is 799 g/mol. The van der Waals surface area contributed by atoms with Gasteiger partial charge in [0.2, 0.25) is 0 Å². The molecule has 0 saturated carbocycles. The number of carbonyl (C=O) groups is 3. The van der Waals surface area contributed by atoms with Crippen molar-refractivity contribution >= 4 is 17.9 Å². The molecule has 2 atom stereocenters. The molecule has 0 aromatic rings. The summed E-state index contributed by atoms with van der Waals surface area (Å²) in [7, 11) is 5.51. The predicted molar refractivity (Wildman–Crippen MR) is 238 cm³/mol. The van der Waals surface area contributed by atoms with Crippen LogP contribution in [0.2, 0.25) is 0 Å². The summed E-state index contributed by atoms with van der Waals surface area (Å²) < 4.78 is 17.3. The Morgan fingerprint density at radius 2 is 0.982 bits per heavy atom. The maximum Gasteiger partial charge on any atom is 0.362 e. The van der Waals surface area contributed by atoms with Gasteiger partial charge < -0.3 is 23.8 Å². The number of carbonyl (C=O) groups excluding carboxylic acids is 2. The number of likely N-dealkylation sites (N-methyl/N-ethyl adjacent to an activating group) is 1. The molecule has 0 aromatic carbocycles. The van der Waals surface area contributed by atoms with Gasteiger partial charge in [0.15, 0.2) is 12.1 Å². The smallest absolute Gasteiger partial charge is 0.362 e. The average Bonchev–Trinajstić information content (AvgIpc) is 3.17. The van der Waals surface area contributed by atoms with E-state index < -0.39 is 18.1 Å². The van der Waals surface area contributed by atoms with E-state index in [9.17, 15) is 19.5 Å². The SMILES string of the molecule is CCC/C=C/C=C/C=C/C=C/C=C/CCCCCCCC(=O)OCC(COCCC(C(=O)O)[N+](C)(C)C)OC(=O)CCCCCCCCC/C=C/CCCCCC. The first kappa shape index (κ1) is 53.8. The summed E-state index contributed by atoms with van der Waals surface area (Å²) in [5.41, 5.74) is 0. The second-order valence-electron chi connectivity index (χ2n) is 16.1. The largest absolute Gasteiger partial charge is 0.477 e. The number of esters is 2. The second-order valence-corrected chi connectivity index (χ2v) is 16.1. The lowest BCUT2D eigenvalue weighted by atomic mass is 10.1. The molecule has 0 radical (unpaired) electrons. The summed E-state index contributed by atoms with van der Waals surface area (Å²) in [6.07, 6.45) is 49.3. The van der Waals surface area contributed by atoms with Crippen LogP contribution in [-0.4, -0.2) is 80.6 Å². The number of rotatable bonds is 39. The summed E-state index contributed by atoms with van der Waals surface area (Å²) >= 11 is 0. The Kier molecular flexibility index (Phi) is 37.3. The summed E-state index contributed by atoms with van der Waals surface area (Å²) in [6.45, 7) is 4.59.